The average molecular weight is 457 g/mol. The summed E-state index contributed by atoms with van der Waals surface area (Å²) in [6, 6.07) is 20.4. The number of benzene rings is 3. The standard InChI is InChI=1S/C24H19Cl2FN2O2/c25-21-10-3-1-6-17(21)14-29(24(30)16-7-5-8-18(27)12-16)15-19-13-23(28-31-19)20-9-2-4-11-22(20)26/h1-12,19H,13-15H2/t19-/m1/s1. The summed E-state index contributed by atoms with van der Waals surface area (Å²) in [6.07, 6.45) is 0.144. The van der Waals surface area contributed by atoms with E-state index in [1.165, 1.54) is 18.2 Å². The second kappa shape index (κ2) is 9.50. The average Bonchev–Trinajstić information content (AvgIpc) is 3.23. The Balaban J connectivity index is 1.54. The Hall–Kier alpha value is -2.89. The maximum Gasteiger partial charge on any atom is 0.254 e. The number of hydrogen-bond acceptors (Lipinski definition) is 3. The molecule has 1 aliphatic heterocycles. The first-order chi connectivity index (χ1) is 15.0. The summed E-state index contributed by atoms with van der Waals surface area (Å²) in [5, 5.41) is 5.33. The predicted octanol–water partition coefficient (Wildman–Crippen LogP) is 5.97. The lowest BCUT2D eigenvalue weighted by atomic mass is 10.0. The minimum absolute atomic E-state index is 0.260. The van der Waals surface area contributed by atoms with E-state index in [1.54, 1.807) is 23.1 Å². The number of carbonyl (C=O) groups is 1. The third-order valence-corrected chi connectivity index (χ3v) is 5.72. The molecule has 1 aliphatic rings. The number of amides is 1. The largest absolute Gasteiger partial charge is 0.390 e. The van der Waals surface area contributed by atoms with Gasteiger partial charge >= 0.3 is 0 Å². The molecule has 0 bridgehead atoms. The van der Waals surface area contributed by atoms with E-state index in [4.69, 9.17) is 28.0 Å². The Kier molecular flexibility index (Phi) is 6.54. The fraction of sp³-hybridized carbons (Fsp3) is 0.167. The maximum absolute atomic E-state index is 13.7. The molecular formula is C24H19Cl2FN2O2. The second-order valence-corrected chi connectivity index (χ2v) is 8.05. The molecule has 7 heteroatoms. The van der Waals surface area contributed by atoms with Crippen LogP contribution in [-0.2, 0) is 11.4 Å². The van der Waals surface area contributed by atoms with Crippen molar-refractivity contribution in [1.82, 2.24) is 4.90 Å². The molecule has 0 saturated carbocycles. The van der Waals surface area contributed by atoms with E-state index in [0.29, 0.717) is 16.5 Å². The van der Waals surface area contributed by atoms with Gasteiger partial charge in [0.05, 0.1) is 12.3 Å². The molecule has 1 amide bonds. The first-order valence-electron chi connectivity index (χ1n) is 9.77. The Morgan fingerprint density at radius 3 is 2.52 bits per heavy atom. The molecule has 31 heavy (non-hydrogen) atoms. The highest BCUT2D eigenvalue weighted by Gasteiger charge is 2.28. The molecule has 0 aromatic heterocycles. The lowest BCUT2D eigenvalue weighted by Gasteiger charge is -2.25. The van der Waals surface area contributed by atoms with Gasteiger partial charge in [-0.1, -0.05) is 70.8 Å². The normalized spacial score (nSPS) is 15.3. The highest BCUT2D eigenvalue weighted by atomic mass is 35.5. The zero-order valence-electron chi connectivity index (χ0n) is 16.5. The van der Waals surface area contributed by atoms with Gasteiger partial charge in [-0.15, -0.1) is 0 Å². The molecule has 0 fully saturated rings. The molecule has 1 heterocycles. The molecule has 1 atom stereocenters. The molecule has 0 N–H and O–H groups in total. The Labute approximate surface area is 189 Å². The Bertz CT molecular complexity index is 1140. The van der Waals surface area contributed by atoms with E-state index in [9.17, 15) is 9.18 Å². The van der Waals surface area contributed by atoms with Crippen molar-refractivity contribution in [3.05, 3.63) is 105 Å². The topological polar surface area (TPSA) is 41.9 Å². The highest BCUT2D eigenvalue weighted by molar-refractivity contribution is 6.34. The summed E-state index contributed by atoms with van der Waals surface area (Å²) in [5.41, 5.74) is 2.59. The minimum Gasteiger partial charge on any atom is -0.390 e. The summed E-state index contributed by atoms with van der Waals surface area (Å²) < 4.78 is 13.7. The van der Waals surface area contributed by atoms with E-state index in [-0.39, 0.29) is 30.7 Å². The van der Waals surface area contributed by atoms with Crippen molar-refractivity contribution in [3.63, 3.8) is 0 Å². The number of halogens is 3. The van der Waals surface area contributed by atoms with Crippen molar-refractivity contribution < 1.29 is 14.0 Å². The van der Waals surface area contributed by atoms with Crippen LogP contribution in [0.4, 0.5) is 4.39 Å². The first-order valence-corrected chi connectivity index (χ1v) is 10.5. The molecule has 0 aliphatic carbocycles. The van der Waals surface area contributed by atoms with Gasteiger partial charge in [-0.2, -0.15) is 0 Å². The fourth-order valence-corrected chi connectivity index (χ4v) is 3.92. The van der Waals surface area contributed by atoms with E-state index >= 15 is 0 Å². The van der Waals surface area contributed by atoms with Crippen LogP contribution >= 0.6 is 23.2 Å². The third-order valence-electron chi connectivity index (χ3n) is 5.02. The van der Waals surface area contributed by atoms with Gasteiger partial charge < -0.3 is 9.74 Å². The molecule has 0 spiro atoms. The van der Waals surface area contributed by atoms with Gasteiger partial charge in [0.25, 0.3) is 5.91 Å². The van der Waals surface area contributed by atoms with Crippen LogP contribution in [0, 0.1) is 5.82 Å². The molecule has 3 aromatic rings. The molecule has 4 rings (SSSR count). The van der Waals surface area contributed by atoms with Gasteiger partial charge in [0.15, 0.2) is 6.10 Å². The van der Waals surface area contributed by atoms with Gasteiger partial charge in [-0.05, 0) is 35.9 Å². The van der Waals surface area contributed by atoms with Crippen molar-refractivity contribution >= 4 is 34.8 Å². The van der Waals surface area contributed by atoms with Crippen molar-refractivity contribution in [2.75, 3.05) is 6.54 Å². The van der Waals surface area contributed by atoms with Crippen LogP contribution in [0.1, 0.15) is 27.9 Å². The van der Waals surface area contributed by atoms with Crippen LogP contribution in [0.15, 0.2) is 78.0 Å². The monoisotopic (exact) mass is 456 g/mol. The number of oxime groups is 1. The van der Waals surface area contributed by atoms with Crippen LogP contribution in [0.3, 0.4) is 0 Å². The zero-order chi connectivity index (χ0) is 21.8. The number of nitrogens with zero attached hydrogens (tertiary/aromatic N) is 2. The lowest BCUT2D eigenvalue weighted by molar-refractivity contribution is 0.0405. The van der Waals surface area contributed by atoms with Gasteiger partial charge in [0.1, 0.15) is 5.82 Å². The number of hydrogen-bond donors (Lipinski definition) is 0. The van der Waals surface area contributed by atoms with Crippen LogP contribution in [0.25, 0.3) is 0 Å². The molecule has 158 valence electrons. The summed E-state index contributed by atoms with van der Waals surface area (Å²) in [7, 11) is 0. The van der Waals surface area contributed by atoms with Gasteiger partial charge in [0, 0.05) is 34.1 Å². The van der Waals surface area contributed by atoms with Crippen molar-refractivity contribution in [2.45, 2.75) is 19.1 Å². The number of carbonyl (C=O) groups excluding carboxylic acids is 1. The molecule has 3 aromatic carbocycles. The summed E-state index contributed by atoms with van der Waals surface area (Å²) in [6.45, 7) is 0.522. The van der Waals surface area contributed by atoms with E-state index < -0.39 is 5.82 Å². The smallest absolute Gasteiger partial charge is 0.254 e. The molecule has 0 unspecified atom stereocenters. The van der Waals surface area contributed by atoms with Crippen molar-refractivity contribution in [1.29, 1.82) is 0 Å². The zero-order valence-corrected chi connectivity index (χ0v) is 18.0. The van der Waals surface area contributed by atoms with Crippen LogP contribution in [-0.4, -0.2) is 29.2 Å². The Morgan fingerprint density at radius 2 is 1.77 bits per heavy atom. The first kappa shape index (κ1) is 21.3. The molecule has 0 saturated heterocycles. The quantitative estimate of drug-likeness (QED) is 0.458. The van der Waals surface area contributed by atoms with Crippen molar-refractivity contribution in [3.8, 4) is 0 Å². The summed E-state index contributed by atoms with van der Waals surface area (Å²) >= 11 is 12.6. The minimum atomic E-state index is -0.468. The third kappa shape index (κ3) is 5.06. The van der Waals surface area contributed by atoms with E-state index in [0.717, 1.165) is 16.8 Å². The Morgan fingerprint density at radius 1 is 1.03 bits per heavy atom. The molecular weight excluding hydrogens is 438 g/mol. The van der Waals surface area contributed by atoms with Crippen LogP contribution < -0.4 is 0 Å². The second-order valence-electron chi connectivity index (χ2n) is 7.24. The predicted molar refractivity (Wildman–Crippen MR) is 120 cm³/mol. The van der Waals surface area contributed by atoms with Gasteiger partial charge in [-0.25, -0.2) is 4.39 Å². The molecule has 0 radical (unpaired) electrons. The summed E-state index contributed by atoms with van der Waals surface area (Å²) in [4.78, 5) is 20.4. The SMILES string of the molecule is O=C(c1cccc(F)c1)N(Cc1ccccc1Cl)C[C@H]1CC(c2ccccc2Cl)=NO1. The number of rotatable bonds is 6. The van der Waals surface area contributed by atoms with Gasteiger partial charge in [-0.3, -0.25) is 4.79 Å². The van der Waals surface area contributed by atoms with Crippen LogP contribution in [0.5, 0.6) is 0 Å². The van der Waals surface area contributed by atoms with Gasteiger partial charge in [0.2, 0.25) is 0 Å². The fourth-order valence-electron chi connectivity index (χ4n) is 3.48. The highest BCUT2D eigenvalue weighted by Crippen LogP contribution is 2.25. The molecule has 4 nitrogen and oxygen atoms in total. The van der Waals surface area contributed by atoms with Crippen molar-refractivity contribution in [2.24, 2.45) is 5.16 Å². The van der Waals surface area contributed by atoms with Crippen LogP contribution in [0.2, 0.25) is 10.0 Å². The lowest BCUT2D eigenvalue weighted by Crippen LogP contribution is -2.37. The summed E-state index contributed by atoms with van der Waals surface area (Å²) in [5.74, 6) is -0.779. The maximum atomic E-state index is 13.7. The van der Waals surface area contributed by atoms with E-state index in [1.807, 2.05) is 36.4 Å². The van der Waals surface area contributed by atoms with E-state index in [2.05, 4.69) is 5.16 Å².